The van der Waals surface area contributed by atoms with Crippen LogP contribution in [0.2, 0.25) is 0 Å². The Kier molecular flexibility index (Phi) is 4.81. The third kappa shape index (κ3) is 3.12. The van der Waals surface area contributed by atoms with Crippen LogP contribution in [0.5, 0.6) is 0 Å². The van der Waals surface area contributed by atoms with E-state index in [0.717, 1.165) is 24.0 Å². The predicted octanol–water partition coefficient (Wildman–Crippen LogP) is 8.48. The van der Waals surface area contributed by atoms with Gasteiger partial charge in [0.05, 0.1) is 11.3 Å². The van der Waals surface area contributed by atoms with Crippen molar-refractivity contribution in [2.75, 3.05) is 0 Å². The van der Waals surface area contributed by atoms with Crippen molar-refractivity contribution in [3.05, 3.63) is 165 Å². The molecule has 0 N–H and O–H groups in total. The smallest absolute Gasteiger partial charge is 0.158 e. The summed E-state index contributed by atoms with van der Waals surface area (Å²) in [6, 6.07) is 23.4. The highest BCUT2D eigenvalue weighted by atomic mass is 16.1. The average Bonchev–Trinajstić information content (AvgIpc) is 3.59. The molecule has 8 rings (SSSR count). The normalized spacial score (nSPS) is 30.6. The van der Waals surface area contributed by atoms with Gasteiger partial charge in [0.1, 0.15) is 0 Å². The van der Waals surface area contributed by atoms with Gasteiger partial charge in [-0.2, -0.15) is 0 Å². The van der Waals surface area contributed by atoms with Crippen LogP contribution >= 0.6 is 0 Å². The van der Waals surface area contributed by atoms with E-state index in [4.69, 9.17) is 0 Å². The van der Waals surface area contributed by atoms with Crippen LogP contribution in [-0.4, -0.2) is 5.78 Å². The topological polar surface area (TPSA) is 17.1 Å². The van der Waals surface area contributed by atoms with E-state index < -0.39 is 5.41 Å². The van der Waals surface area contributed by atoms with Crippen molar-refractivity contribution in [2.45, 2.75) is 38.0 Å². The van der Waals surface area contributed by atoms with Gasteiger partial charge >= 0.3 is 0 Å². The first-order valence-electron chi connectivity index (χ1n) is 14.4. The largest absolute Gasteiger partial charge is 0.298 e. The van der Waals surface area contributed by atoms with Crippen molar-refractivity contribution in [3.63, 3.8) is 0 Å². The van der Waals surface area contributed by atoms with Crippen LogP contribution in [0.3, 0.4) is 0 Å². The summed E-state index contributed by atoms with van der Waals surface area (Å²) in [6.07, 6.45) is 24.5. The minimum absolute atomic E-state index is 0.0351. The maximum atomic E-state index is 14.5. The van der Waals surface area contributed by atoms with E-state index in [1.807, 2.05) is 6.07 Å². The van der Waals surface area contributed by atoms with Gasteiger partial charge in [0, 0.05) is 10.8 Å². The lowest BCUT2D eigenvalue weighted by molar-refractivity contribution is -0.111. The van der Waals surface area contributed by atoms with E-state index in [-0.39, 0.29) is 16.7 Å². The Hall–Kier alpha value is -4.23. The van der Waals surface area contributed by atoms with Gasteiger partial charge in [-0.3, -0.25) is 4.79 Å². The molecule has 1 nitrogen and oxygen atoms in total. The lowest BCUT2D eigenvalue weighted by Gasteiger charge is -2.40. The fourth-order valence-corrected chi connectivity index (χ4v) is 7.93. The third-order valence-electron chi connectivity index (χ3n) is 10.1. The Labute approximate surface area is 236 Å². The molecule has 0 spiro atoms. The van der Waals surface area contributed by atoms with E-state index in [2.05, 4.69) is 135 Å². The highest BCUT2D eigenvalue weighted by molar-refractivity contribution is 6.18. The minimum atomic E-state index is -0.712. The fraction of sp³-hybridized carbons (Fsp3) is 0.205. The molecule has 0 aromatic heterocycles. The molecule has 0 amide bonds. The summed E-state index contributed by atoms with van der Waals surface area (Å²) in [5, 5.41) is 0. The Morgan fingerprint density at radius 3 is 1.75 bits per heavy atom. The van der Waals surface area contributed by atoms with E-state index in [1.165, 1.54) is 39.0 Å². The summed E-state index contributed by atoms with van der Waals surface area (Å²) in [7, 11) is 0. The van der Waals surface area contributed by atoms with Crippen LogP contribution in [0.4, 0.5) is 0 Å². The molecule has 4 unspecified atom stereocenters. The van der Waals surface area contributed by atoms with Gasteiger partial charge in [0.25, 0.3) is 0 Å². The standard InChI is InChI=1S/C39H32O/c1-37-19-11-9-17-30(37)22-32-27(24-37)21-28-25-38(2)20-12-10-18-31(38)23-33(28)35(32)39(29-15-7-4-8-16-29)34(36(39)40)26-13-5-3-6-14-26/h3-23,34H,24-25H2,1-2H3. The number of Topliss-reactive ketones (excluding diaryl/α,β-unsaturated/α-hetero) is 1. The highest BCUT2D eigenvalue weighted by Gasteiger charge is 2.68. The van der Waals surface area contributed by atoms with E-state index in [1.54, 1.807) is 0 Å². The number of benzene rings is 3. The highest BCUT2D eigenvalue weighted by Crippen LogP contribution is 2.64. The van der Waals surface area contributed by atoms with Gasteiger partial charge in [-0.05, 0) is 62.9 Å². The Morgan fingerprint density at radius 2 is 1.20 bits per heavy atom. The molecule has 0 saturated heterocycles. The number of hydrogen-bond donors (Lipinski definition) is 0. The molecule has 0 aliphatic heterocycles. The number of fused-ring (bicyclic) bond motifs is 4. The van der Waals surface area contributed by atoms with Gasteiger partial charge in [-0.1, -0.05) is 141 Å². The molecule has 0 heterocycles. The molecule has 0 radical (unpaired) electrons. The maximum Gasteiger partial charge on any atom is 0.158 e. The molecule has 3 aromatic carbocycles. The minimum Gasteiger partial charge on any atom is -0.298 e. The Bertz CT molecular complexity index is 1700. The van der Waals surface area contributed by atoms with E-state index >= 15 is 0 Å². The fourth-order valence-electron chi connectivity index (χ4n) is 7.93. The summed E-state index contributed by atoms with van der Waals surface area (Å²) in [5.74, 6) is 0.103. The third-order valence-corrected chi connectivity index (χ3v) is 10.1. The molecule has 3 aromatic rings. The van der Waals surface area contributed by atoms with Crippen molar-refractivity contribution >= 4 is 17.9 Å². The monoisotopic (exact) mass is 516 g/mol. The molecule has 194 valence electrons. The molecular weight excluding hydrogens is 484 g/mol. The summed E-state index contributed by atoms with van der Waals surface area (Å²) in [5.41, 5.74) is 10.5. The van der Waals surface area contributed by atoms with Crippen molar-refractivity contribution in [1.82, 2.24) is 0 Å². The first-order valence-corrected chi connectivity index (χ1v) is 14.4. The van der Waals surface area contributed by atoms with Gasteiger partial charge in [-0.15, -0.1) is 0 Å². The van der Waals surface area contributed by atoms with E-state index in [0.29, 0.717) is 5.78 Å². The quantitative estimate of drug-likeness (QED) is 0.341. The second-order valence-corrected chi connectivity index (χ2v) is 12.6. The number of carbonyl (C=O) groups excluding carboxylic acids is 1. The Balaban J connectivity index is 1.48. The molecular formula is C39H32O. The SMILES string of the molecule is CC12C=CC=CC1=Cc1c(cc3c(c1C1(c4ccccc4)C(=O)C1c1ccccc1)C=C1C=CC=CC1(C)C3)C2. The number of ketones is 1. The van der Waals surface area contributed by atoms with Crippen molar-refractivity contribution in [3.8, 4) is 0 Å². The molecule has 5 aliphatic rings. The zero-order chi connectivity index (χ0) is 27.1. The molecule has 1 saturated carbocycles. The summed E-state index contributed by atoms with van der Waals surface area (Å²) in [6.45, 7) is 4.69. The zero-order valence-electron chi connectivity index (χ0n) is 23.0. The summed E-state index contributed by atoms with van der Waals surface area (Å²) in [4.78, 5) is 14.5. The maximum absolute atomic E-state index is 14.5. The van der Waals surface area contributed by atoms with Crippen LogP contribution in [0.25, 0.3) is 12.2 Å². The summed E-state index contributed by atoms with van der Waals surface area (Å²) >= 11 is 0. The lowest BCUT2D eigenvalue weighted by Crippen LogP contribution is -2.30. The Morgan fingerprint density at radius 1 is 0.675 bits per heavy atom. The van der Waals surface area contributed by atoms with Crippen LogP contribution < -0.4 is 0 Å². The number of carbonyl (C=O) groups is 1. The molecule has 1 fully saturated rings. The molecule has 5 aliphatic carbocycles. The van der Waals surface area contributed by atoms with Gasteiger partial charge in [0.2, 0.25) is 0 Å². The number of hydrogen-bond acceptors (Lipinski definition) is 1. The van der Waals surface area contributed by atoms with Crippen molar-refractivity contribution in [1.29, 1.82) is 0 Å². The molecule has 0 bridgehead atoms. The van der Waals surface area contributed by atoms with Crippen LogP contribution in [0.15, 0.2) is 126 Å². The first kappa shape index (κ1) is 23.6. The van der Waals surface area contributed by atoms with E-state index in [9.17, 15) is 4.79 Å². The average molecular weight is 517 g/mol. The van der Waals surface area contributed by atoms with Crippen LogP contribution in [0.1, 0.15) is 58.7 Å². The molecule has 1 heteroatoms. The molecule has 4 atom stereocenters. The number of allylic oxidation sites excluding steroid dienone is 10. The van der Waals surface area contributed by atoms with Crippen molar-refractivity contribution < 1.29 is 4.79 Å². The van der Waals surface area contributed by atoms with Gasteiger partial charge in [0.15, 0.2) is 5.78 Å². The number of rotatable bonds is 3. The van der Waals surface area contributed by atoms with Gasteiger partial charge < -0.3 is 0 Å². The molecule has 40 heavy (non-hydrogen) atoms. The second kappa shape index (κ2) is 8.15. The van der Waals surface area contributed by atoms with Crippen molar-refractivity contribution in [2.24, 2.45) is 10.8 Å². The first-order chi connectivity index (χ1) is 19.4. The van der Waals surface area contributed by atoms with Crippen LogP contribution in [0, 0.1) is 10.8 Å². The van der Waals surface area contributed by atoms with Gasteiger partial charge in [-0.25, -0.2) is 0 Å². The summed E-state index contributed by atoms with van der Waals surface area (Å²) < 4.78 is 0. The predicted molar refractivity (Wildman–Crippen MR) is 164 cm³/mol. The zero-order valence-corrected chi connectivity index (χ0v) is 23.0. The lowest BCUT2D eigenvalue weighted by atomic mass is 9.63. The van der Waals surface area contributed by atoms with Crippen LogP contribution in [-0.2, 0) is 23.1 Å². The second-order valence-electron chi connectivity index (χ2n) is 12.6.